The van der Waals surface area contributed by atoms with E-state index in [2.05, 4.69) is 34.1 Å². The molecule has 3 heterocycles. The molecule has 0 amide bonds. The summed E-state index contributed by atoms with van der Waals surface area (Å²) in [5.74, 6) is 0.189. The molecule has 1 aliphatic heterocycles. The SMILES string of the molecule is Cc1cc(-c2nc(-c3ccc4c(c3)CN([C@H]3C[C@H](C(=O)O)C3)C4)no2)ccc1-c1ccoc1. The van der Waals surface area contributed by atoms with Gasteiger partial charge in [0.2, 0.25) is 5.82 Å². The number of carbonyl (C=O) groups is 1. The summed E-state index contributed by atoms with van der Waals surface area (Å²) in [5.41, 5.74) is 7.59. The predicted octanol–water partition coefficient (Wildman–Crippen LogP) is 5.15. The van der Waals surface area contributed by atoms with Crippen molar-refractivity contribution in [2.24, 2.45) is 5.92 Å². The predicted molar refractivity (Wildman–Crippen MR) is 121 cm³/mol. The molecule has 6 rings (SSSR count). The highest BCUT2D eigenvalue weighted by Crippen LogP contribution is 2.38. The van der Waals surface area contributed by atoms with Crippen LogP contribution in [0.2, 0.25) is 0 Å². The Hall–Kier alpha value is -3.71. The van der Waals surface area contributed by atoms with Crippen molar-refractivity contribution in [3.05, 3.63) is 71.7 Å². The zero-order valence-corrected chi connectivity index (χ0v) is 18.2. The summed E-state index contributed by atoms with van der Waals surface area (Å²) in [6, 6.07) is 14.6. The largest absolute Gasteiger partial charge is 0.481 e. The van der Waals surface area contributed by atoms with Gasteiger partial charge in [-0.05, 0) is 66.3 Å². The number of aryl methyl sites for hydroxylation is 1. The van der Waals surface area contributed by atoms with Gasteiger partial charge in [-0.15, -0.1) is 0 Å². The number of carboxylic acids is 1. The lowest BCUT2D eigenvalue weighted by Crippen LogP contribution is -2.44. The van der Waals surface area contributed by atoms with Crippen LogP contribution in [0.1, 0.15) is 29.5 Å². The molecule has 0 unspecified atom stereocenters. The molecule has 2 aromatic carbocycles. The summed E-state index contributed by atoms with van der Waals surface area (Å²) in [6.45, 7) is 3.75. The van der Waals surface area contributed by atoms with Crippen molar-refractivity contribution >= 4 is 5.97 Å². The van der Waals surface area contributed by atoms with Gasteiger partial charge in [-0.1, -0.05) is 23.4 Å². The number of hydrogen-bond donors (Lipinski definition) is 1. The van der Waals surface area contributed by atoms with Crippen molar-refractivity contribution in [3.8, 4) is 34.0 Å². The monoisotopic (exact) mass is 441 g/mol. The number of carboxylic acid groups (broad SMARTS) is 1. The van der Waals surface area contributed by atoms with E-state index in [1.165, 1.54) is 11.1 Å². The Morgan fingerprint density at radius 2 is 1.85 bits per heavy atom. The van der Waals surface area contributed by atoms with Crippen molar-refractivity contribution in [1.29, 1.82) is 0 Å². The summed E-state index contributed by atoms with van der Waals surface area (Å²) in [4.78, 5) is 18.1. The minimum Gasteiger partial charge on any atom is -0.481 e. The molecule has 0 atom stereocenters. The fourth-order valence-corrected chi connectivity index (χ4v) is 4.90. The molecule has 1 fully saturated rings. The Morgan fingerprint density at radius 3 is 2.61 bits per heavy atom. The first-order chi connectivity index (χ1) is 16.0. The van der Waals surface area contributed by atoms with Gasteiger partial charge in [0.1, 0.15) is 0 Å². The van der Waals surface area contributed by atoms with E-state index in [1.807, 2.05) is 30.3 Å². The van der Waals surface area contributed by atoms with Crippen LogP contribution in [0.3, 0.4) is 0 Å². The lowest BCUT2D eigenvalue weighted by Gasteiger charge is -2.39. The van der Waals surface area contributed by atoms with E-state index in [0.717, 1.165) is 53.7 Å². The van der Waals surface area contributed by atoms with Gasteiger partial charge >= 0.3 is 5.97 Å². The van der Waals surface area contributed by atoms with Gasteiger partial charge in [0.15, 0.2) is 0 Å². The molecule has 1 aliphatic carbocycles. The average Bonchev–Trinajstić information content (AvgIpc) is 3.52. The number of rotatable bonds is 5. The Balaban J connectivity index is 1.20. The van der Waals surface area contributed by atoms with E-state index in [4.69, 9.17) is 14.0 Å². The van der Waals surface area contributed by atoms with Crippen LogP contribution in [0, 0.1) is 12.8 Å². The summed E-state index contributed by atoms with van der Waals surface area (Å²) < 4.78 is 10.8. The van der Waals surface area contributed by atoms with Gasteiger partial charge in [-0.25, -0.2) is 0 Å². The smallest absolute Gasteiger partial charge is 0.306 e. The van der Waals surface area contributed by atoms with Gasteiger partial charge in [0, 0.05) is 35.8 Å². The van der Waals surface area contributed by atoms with E-state index in [1.54, 1.807) is 12.5 Å². The first kappa shape index (κ1) is 19.9. The molecule has 7 nitrogen and oxygen atoms in total. The minimum atomic E-state index is -0.676. The highest BCUT2D eigenvalue weighted by Gasteiger charge is 2.39. The van der Waals surface area contributed by atoms with Gasteiger partial charge in [0.05, 0.1) is 18.4 Å². The molecule has 1 saturated carbocycles. The van der Waals surface area contributed by atoms with Crippen LogP contribution in [0.25, 0.3) is 34.0 Å². The maximum atomic E-state index is 11.1. The maximum Gasteiger partial charge on any atom is 0.306 e. The standard InChI is InChI=1S/C26H23N3O4/c1-15-8-17(4-5-23(15)19-6-7-32-14-19)25-27-24(28-33-25)16-2-3-18-12-29(13-21(18)9-16)22-10-20(11-22)26(30)31/h2-9,14,20,22H,10-13H2,1H3,(H,30,31)/t20-,22-. The molecule has 1 N–H and O–H groups in total. The molecule has 166 valence electrons. The summed E-state index contributed by atoms with van der Waals surface area (Å²) in [6.07, 6.45) is 4.88. The van der Waals surface area contributed by atoms with Crippen LogP contribution in [0.4, 0.5) is 0 Å². The third-order valence-corrected chi connectivity index (χ3v) is 6.92. The Morgan fingerprint density at radius 1 is 1.03 bits per heavy atom. The highest BCUT2D eigenvalue weighted by atomic mass is 16.5. The fourth-order valence-electron chi connectivity index (χ4n) is 4.90. The molecule has 7 heteroatoms. The van der Waals surface area contributed by atoms with E-state index in [9.17, 15) is 4.79 Å². The molecule has 4 aromatic rings. The second-order valence-corrected chi connectivity index (χ2v) is 9.01. The van der Waals surface area contributed by atoms with Crippen molar-refractivity contribution in [2.75, 3.05) is 0 Å². The van der Waals surface area contributed by atoms with Gasteiger partial charge in [-0.3, -0.25) is 9.69 Å². The Bertz CT molecular complexity index is 1340. The van der Waals surface area contributed by atoms with E-state index >= 15 is 0 Å². The quantitative estimate of drug-likeness (QED) is 0.458. The number of nitrogens with zero attached hydrogens (tertiary/aromatic N) is 3. The summed E-state index contributed by atoms with van der Waals surface area (Å²) >= 11 is 0. The summed E-state index contributed by atoms with van der Waals surface area (Å²) in [5, 5.41) is 13.4. The molecular formula is C26H23N3O4. The third kappa shape index (κ3) is 3.54. The van der Waals surface area contributed by atoms with E-state index < -0.39 is 5.97 Å². The lowest BCUT2D eigenvalue weighted by atomic mass is 9.79. The van der Waals surface area contributed by atoms with Crippen molar-refractivity contribution in [2.45, 2.75) is 38.9 Å². The van der Waals surface area contributed by atoms with E-state index in [0.29, 0.717) is 17.8 Å². The Labute approximate surface area is 190 Å². The molecule has 0 saturated heterocycles. The highest BCUT2D eigenvalue weighted by molar-refractivity contribution is 5.72. The molecule has 0 radical (unpaired) electrons. The first-order valence-corrected chi connectivity index (χ1v) is 11.1. The number of aliphatic carboxylic acids is 1. The number of hydrogen-bond acceptors (Lipinski definition) is 6. The van der Waals surface area contributed by atoms with Crippen molar-refractivity contribution < 1.29 is 18.8 Å². The van der Waals surface area contributed by atoms with E-state index in [-0.39, 0.29) is 5.92 Å². The van der Waals surface area contributed by atoms with Gasteiger partial charge in [0.25, 0.3) is 5.89 Å². The first-order valence-electron chi connectivity index (χ1n) is 11.1. The van der Waals surface area contributed by atoms with Crippen LogP contribution in [0.5, 0.6) is 0 Å². The normalized spacial score (nSPS) is 19.9. The number of furan rings is 1. The number of fused-ring (bicyclic) bond motifs is 1. The topological polar surface area (TPSA) is 92.6 Å². The summed E-state index contributed by atoms with van der Waals surface area (Å²) in [7, 11) is 0. The number of aromatic nitrogens is 2. The molecule has 0 bridgehead atoms. The zero-order valence-electron chi connectivity index (χ0n) is 18.2. The van der Waals surface area contributed by atoms with Crippen LogP contribution in [-0.2, 0) is 17.9 Å². The fraction of sp³-hybridized carbons (Fsp3) is 0.269. The number of benzene rings is 2. The van der Waals surface area contributed by atoms with Crippen molar-refractivity contribution in [3.63, 3.8) is 0 Å². The van der Waals surface area contributed by atoms with Crippen molar-refractivity contribution in [1.82, 2.24) is 15.0 Å². The molecule has 0 spiro atoms. The molecule has 2 aromatic heterocycles. The zero-order chi connectivity index (χ0) is 22.5. The van der Waals surface area contributed by atoms with Crippen LogP contribution in [0.15, 0.2) is 63.9 Å². The van der Waals surface area contributed by atoms with Crippen LogP contribution >= 0.6 is 0 Å². The van der Waals surface area contributed by atoms with Gasteiger partial charge < -0.3 is 14.0 Å². The maximum absolute atomic E-state index is 11.1. The van der Waals surface area contributed by atoms with Crippen LogP contribution < -0.4 is 0 Å². The van der Waals surface area contributed by atoms with Gasteiger partial charge in [-0.2, -0.15) is 4.98 Å². The molecule has 2 aliphatic rings. The third-order valence-electron chi connectivity index (χ3n) is 6.92. The molecular weight excluding hydrogens is 418 g/mol. The average molecular weight is 441 g/mol. The van der Waals surface area contributed by atoms with Crippen LogP contribution in [-0.4, -0.2) is 32.2 Å². The Kier molecular flexibility index (Phi) is 4.66. The lowest BCUT2D eigenvalue weighted by molar-refractivity contribution is -0.147. The molecule has 33 heavy (non-hydrogen) atoms. The second kappa shape index (κ2) is 7.71. The minimum absolute atomic E-state index is 0.190. The second-order valence-electron chi connectivity index (χ2n) is 9.01.